The minimum atomic E-state index is -2.93. The van der Waals surface area contributed by atoms with Gasteiger partial charge in [0.1, 0.15) is 0 Å². The van der Waals surface area contributed by atoms with E-state index < -0.39 is 9.84 Å². The molecule has 0 bridgehead atoms. The minimum absolute atomic E-state index is 0.0570. The van der Waals surface area contributed by atoms with Crippen LogP contribution in [0.5, 0.6) is 0 Å². The SMILES string of the molecule is CC(N)CCCCS(=O)(=O)CC1CCCO1. The zero-order valence-electron chi connectivity index (χ0n) is 10.0. The van der Waals surface area contributed by atoms with Crippen LogP contribution in [0.25, 0.3) is 0 Å². The van der Waals surface area contributed by atoms with Crippen LogP contribution < -0.4 is 5.73 Å². The van der Waals surface area contributed by atoms with Crippen LogP contribution in [-0.4, -0.2) is 38.7 Å². The summed E-state index contributed by atoms with van der Waals surface area (Å²) < 4.78 is 28.8. The Bertz CT molecular complexity index is 282. The third kappa shape index (κ3) is 5.82. The molecule has 1 fully saturated rings. The summed E-state index contributed by atoms with van der Waals surface area (Å²) >= 11 is 0. The lowest BCUT2D eigenvalue weighted by atomic mass is 10.2. The Labute approximate surface area is 98.5 Å². The number of rotatable bonds is 7. The van der Waals surface area contributed by atoms with Gasteiger partial charge in [0.05, 0.1) is 17.6 Å². The van der Waals surface area contributed by atoms with Gasteiger partial charge in [0.2, 0.25) is 0 Å². The van der Waals surface area contributed by atoms with E-state index in [2.05, 4.69) is 0 Å². The number of ether oxygens (including phenoxy) is 1. The number of nitrogens with two attached hydrogens (primary N) is 1. The van der Waals surface area contributed by atoms with Gasteiger partial charge < -0.3 is 10.5 Å². The molecule has 5 heteroatoms. The summed E-state index contributed by atoms with van der Waals surface area (Å²) in [6, 6.07) is 0.167. The molecule has 1 heterocycles. The van der Waals surface area contributed by atoms with Gasteiger partial charge in [-0.15, -0.1) is 0 Å². The second-order valence-electron chi connectivity index (χ2n) is 4.72. The van der Waals surface area contributed by atoms with Crippen molar-refractivity contribution >= 4 is 9.84 Å². The van der Waals surface area contributed by atoms with Gasteiger partial charge in [-0.05, 0) is 32.6 Å². The van der Waals surface area contributed by atoms with E-state index in [1.54, 1.807) is 0 Å². The van der Waals surface area contributed by atoms with Crippen LogP contribution in [0, 0.1) is 0 Å². The maximum absolute atomic E-state index is 11.7. The molecule has 0 radical (unpaired) electrons. The van der Waals surface area contributed by atoms with Crippen LogP contribution in [0.15, 0.2) is 0 Å². The molecule has 0 aromatic rings. The lowest BCUT2D eigenvalue weighted by Gasteiger charge is -2.10. The van der Waals surface area contributed by atoms with Crippen molar-refractivity contribution < 1.29 is 13.2 Å². The van der Waals surface area contributed by atoms with Crippen molar-refractivity contribution in [1.82, 2.24) is 0 Å². The fourth-order valence-corrected chi connectivity index (χ4v) is 3.57. The maximum Gasteiger partial charge on any atom is 0.152 e. The molecule has 0 saturated carbocycles. The largest absolute Gasteiger partial charge is 0.377 e. The second kappa shape index (κ2) is 6.57. The molecule has 2 atom stereocenters. The Balaban J connectivity index is 2.18. The Kier molecular flexibility index (Phi) is 5.72. The van der Waals surface area contributed by atoms with Crippen molar-refractivity contribution in [3.05, 3.63) is 0 Å². The summed E-state index contributed by atoms with van der Waals surface area (Å²) in [7, 11) is -2.93. The molecule has 2 unspecified atom stereocenters. The van der Waals surface area contributed by atoms with Crippen LogP contribution in [0.2, 0.25) is 0 Å². The monoisotopic (exact) mass is 249 g/mol. The predicted molar refractivity (Wildman–Crippen MR) is 65.1 cm³/mol. The van der Waals surface area contributed by atoms with E-state index in [0.717, 1.165) is 32.1 Å². The average molecular weight is 249 g/mol. The molecular weight excluding hydrogens is 226 g/mol. The molecule has 1 aliphatic rings. The van der Waals surface area contributed by atoms with Crippen molar-refractivity contribution in [2.45, 2.75) is 51.2 Å². The lowest BCUT2D eigenvalue weighted by molar-refractivity contribution is 0.127. The van der Waals surface area contributed by atoms with Crippen LogP contribution in [-0.2, 0) is 14.6 Å². The molecule has 96 valence electrons. The van der Waals surface area contributed by atoms with Crippen LogP contribution in [0.4, 0.5) is 0 Å². The molecule has 1 aliphatic heterocycles. The van der Waals surface area contributed by atoms with Gasteiger partial charge in [-0.3, -0.25) is 0 Å². The van der Waals surface area contributed by atoms with Crippen LogP contribution >= 0.6 is 0 Å². The van der Waals surface area contributed by atoms with Gasteiger partial charge in [0, 0.05) is 12.6 Å². The van der Waals surface area contributed by atoms with Crippen molar-refractivity contribution in [3.63, 3.8) is 0 Å². The summed E-state index contributed by atoms with van der Waals surface area (Å²) in [6.45, 7) is 2.66. The number of sulfone groups is 1. The summed E-state index contributed by atoms with van der Waals surface area (Å²) in [6.07, 6.45) is 4.33. The predicted octanol–water partition coefficient (Wildman–Crippen LogP) is 1.10. The van der Waals surface area contributed by atoms with E-state index in [1.165, 1.54) is 0 Å². The van der Waals surface area contributed by atoms with E-state index >= 15 is 0 Å². The van der Waals surface area contributed by atoms with Gasteiger partial charge in [-0.1, -0.05) is 6.42 Å². The zero-order valence-corrected chi connectivity index (χ0v) is 10.8. The standard InChI is InChI=1S/C11H23NO3S/c1-10(12)5-2-3-8-16(13,14)9-11-6-4-7-15-11/h10-11H,2-9,12H2,1H3. The first-order valence-electron chi connectivity index (χ1n) is 6.07. The summed E-state index contributed by atoms with van der Waals surface area (Å²) in [4.78, 5) is 0. The fraction of sp³-hybridized carbons (Fsp3) is 1.00. The smallest absolute Gasteiger partial charge is 0.152 e. The van der Waals surface area contributed by atoms with E-state index in [1.807, 2.05) is 6.92 Å². The van der Waals surface area contributed by atoms with Crippen molar-refractivity contribution in [3.8, 4) is 0 Å². The highest BCUT2D eigenvalue weighted by molar-refractivity contribution is 7.91. The summed E-state index contributed by atoms with van der Waals surface area (Å²) in [5, 5.41) is 0. The quantitative estimate of drug-likeness (QED) is 0.686. The van der Waals surface area contributed by atoms with E-state index in [-0.39, 0.29) is 23.7 Å². The van der Waals surface area contributed by atoms with Gasteiger partial charge in [0.15, 0.2) is 9.84 Å². The third-order valence-electron chi connectivity index (χ3n) is 2.83. The molecule has 16 heavy (non-hydrogen) atoms. The fourth-order valence-electron chi connectivity index (χ4n) is 1.93. The zero-order chi connectivity index (χ0) is 12.0. The first-order chi connectivity index (χ1) is 7.49. The van der Waals surface area contributed by atoms with Gasteiger partial charge in [-0.2, -0.15) is 0 Å². The number of hydrogen-bond donors (Lipinski definition) is 1. The molecule has 0 aromatic carbocycles. The first kappa shape index (κ1) is 13.9. The second-order valence-corrected chi connectivity index (χ2v) is 6.95. The van der Waals surface area contributed by atoms with Gasteiger partial charge in [-0.25, -0.2) is 8.42 Å². The van der Waals surface area contributed by atoms with Gasteiger partial charge >= 0.3 is 0 Å². The van der Waals surface area contributed by atoms with Crippen LogP contribution in [0.1, 0.15) is 39.0 Å². The summed E-state index contributed by atoms with van der Waals surface area (Å²) in [5.41, 5.74) is 5.60. The highest BCUT2D eigenvalue weighted by atomic mass is 32.2. The molecule has 1 saturated heterocycles. The molecule has 0 amide bonds. The molecule has 4 nitrogen and oxygen atoms in total. The molecule has 0 aliphatic carbocycles. The lowest BCUT2D eigenvalue weighted by Crippen LogP contribution is -2.22. The molecule has 1 rings (SSSR count). The topological polar surface area (TPSA) is 69.4 Å². The minimum Gasteiger partial charge on any atom is -0.377 e. The van der Waals surface area contributed by atoms with Crippen molar-refractivity contribution in [1.29, 1.82) is 0 Å². The Morgan fingerprint density at radius 2 is 2.19 bits per heavy atom. The molecule has 0 spiro atoms. The van der Waals surface area contributed by atoms with E-state index in [0.29, 0.717) is 6.61 Å². The van der Waals surface area contributed by atoms with Crippen LogP contribution in [0.3, 0.4) is 0 Å². The third-order valence-corrected chi connectivity index (χ3v) is 4.62. The Morgan fingerprint density at radius 1 is 1.44 bits per heavy atom. The molecular formula is C11H23NO3S. The maximum atomic E-state index is 11.7. The first-order valence-corrected chi connectivity index (χ1v) is 7.89. The van der Waals surface area contributed by atoms with E-state index in [9.17, 15) is 8.42 Å². The van der Waals surface area contributed by atoms with Gasteiger partial charge in [0.25, 0.3) is 0 Å². The number of unbranched alkanes of at least 4 members (excludes halogenated alkanes) is 1. The van der Waals surface area contributed by atoms with Crippen molar-refractivity contribution in [2.75, 3.05) is 18.1 Å². The Hall–Kier alpha value is -0.130. The average Bonchev–Trinajstić information content (AvgIpc) is 2.64. The van der Waals surface area contributed by atoms with E-state index in [4.69, 9.17) is 10.5 Å². The van der Waals surface area contributed by atoms with Crippen molar-refractivity contribution in [2.24, 2.45) is 5.73 Å². The normalized spacial score (nSPS) is 23.5. The molecule has 0 aromatic heterocycles. The highest BCUT2D eigenvalue weighted by Crippen LogP contribution is 2.15. The Morgan fingerprint density at radius 3 is 2.75 bits per heavy atom. The molecule has 2 N–H and O–H groups in total. The summed E-state index contributed by atoms with van der Waals surface area (Å²) in [5.74, 6) is 0.477. The highest BCUT2D eigenvalue weighted by Gasteiger charge is 2.22. The number of hydrogen-bond acceptors (Lipinski definition) is 4.